The van der Waals surface area contributed by atoms with Gasteiger partial charge in [0.1, 0.15) is 0 Å². The van der Waals surface area contributed by atoms with Gasteiger partial charge in [-0.15, -0.1) is 0 Å². The topological polar surface area (TPSA) is 86.8 Å². The summed E-state index contributed by atoms with van der Waals surface area (Å²) in [5.41, 5.74) is 0.316. The number of hydrogen-bond donors (Lipinski definition) is 1. The molecule has 7 nitrogen and oxygen atoms in total. The van der Waals surface area contributed by atoms with E-state index in [9.17, 15) is 31.2 Å². The van der Waals surface area contributed by atoms with Gasteiger partial charge in [-0.2, -0.15) is 17.5 Å². The summed E-state index contributed by atoms with van der Waals surface area (Å²) < 4.78 is 65.7. The maximum atomic E-state index is 13.0. The van der Waals surface area contributed by atoms with Crippen LogP contribution in [0, 0.1) is 5.92 Å². The average molecular weight is 496 g/mol. The van der Waals surface area contributed by atoms with Gasteiger partial charge in [0, 0.05) is 43.3 Å². The van der Waals surface area contributed by atoms with E-state index in [2.05, 4.69) is 5.32 Å². The first-order valence-corrected chi connectivity index (χ1v) is 12.4. The van der Waals surface area contributed by atoms with Crippen LogP contribution in [0.25, 0.3) is 0 Å². The summed E-state index contributed by atoms with van der Waals surface area (Å²) in [4.78, 5) is 25.8. The fourth-order valence-corrected chi connectivity index (χ4v) is 5.75. The number of anilines is 2. The molecule has 0 unspecified atom stereocenters. The molecule has 2 aliphatic rings. The molecular formula is C23H24F3N3O4S. The highest BCUT2D eigenvalue weighted by molar-refractivity contribution is 7.89. The number of nitrogens with one attached hydrogen (secondary N) is 1. The van der Waals surface area contributed by atoms with E-state index in [0.29, 0.717) is 24.7 Å². The Labute approximate surface area is 195 Å². The summed E-state index contributed by atoms with van der Waals surface area (Å²) in [7, 11) is -4.10. The quantitative estimate of drug-likeness (QED) is 0.682. The lowest BCUT2D eigenvalue weighted by Gasteiger charge is -2.30. The second kappa shape index (κ2) is 9.38. The number of carbonyl (C=O) groups excluding carboxylic acids is 2. The molecule has 4 rings (SSSR count). The van der Waals surface area contributed by atoms with Crippen molar-refractivity contribution < 1.29 is 31.2 Å². The molecule has 2 aromatic carbocycles. The molecule has 0 aromatic heterocycles. The van der Waals surface area contributed by atoms with Gasteiger partial charge in [0.25, 0.3) is 0 Å². The number of sulfonamides is 1. The Balaban J connectivity index is 1.35. The summed E-state index contributed by atoms with van der Waals surface area (Å²) in [6.07, 6.45) is -2.78. The van der Waals surface area contributed by atoms with Crippen LogP contribution in [-0.2, 0) is 25.8 Å². The number of carbonyl (C=O) groups is 2. The van der Waals surface area contributed by atoms with E-state index in [0.717, 1.165) is 34.6 Å². The first kappa shape index (κ1) is 24.2. The van der Waals surface area contributed by atoms with Crippen molar-refractivity contribution in [3.05, 3.63) is 54.1 Å². The van der Waals surface area contributed by atoms with Crippen molar-refractivity contribution in [3.8, 4) is 0 Å². The highest BCUT2D eigenvalue weighted by Crippen LogP contribution is 2.32. The summed E-state index contributed by atoms with van der Waals surface area (Å²) in [6, 6.07) is 10.6. The maximum Gasteiger partial charge on any atom is 0.416 e. The van der Waals surface area contributed by atoms with Crippen molar-refractivity contribution in [1.29, 1.82) is 0 Å². The third kappa shape index (κ3) is 5.10. The van der Waals surface area contributed by atoms with Gasteiger partial charge in [-0.25, -0.2) is 8.42 Å². The fourth-order valence-electron chi connectivity index (χ4n) is 4.23. The largest absolute Gasteiger partial charge is 0.416 e. The van der Waals surface area contributed by atoms with E-state index in [4.69, 9.17) is 0 Å². The molecule has 182 valence electrons. The van der Waals surface area contributed by atoms with Gasteiger partial charge in [-0.05, 0) is 61.7 Å². The molecule has 1 N–H and O–H groups in total. The Bertz CT molecular complexity index is 1170. The van der Waals surface area contributed by atoms with E-state index < -0.39 is 32.6 Å². The molecule has 2 aromatic rings. The van der Waals surface area contributed by atoms with E-state index in [1.807, 2.05) is 0 Å². The molecule has 0 saturated carbocycles. The Kier molecular flexibility index (Phi) is 6.68. The number of benzene rings is 2. The van der Waals surface area contributed by atoms with E-state index in [-0.39, 0.29) is 37.7 Å². The van der Waals surface area contributed by atoms with Gasteiger partial charge in [-0.3, -0.25) is 9.59 Å². The Morgan fingerprint density at radius 3 is 2.26 bits per heavy atom. The highest BCUT2D eigenvalue weighted by Gasteiger charge is 2.35. The van der Waals surface area contributed by atoms with Gasteiger partial charge >= 0.3 is 6.18 Å². The summed E-state index contributed by atoms with van der Waals surface area (Å²) >= 11 is 0. The van der Waals surface area contributed by atoms with Crippen molar-refractivity contribution in [2.75, 3.05) is 29.9 Å². The number of rotatable bonds is 5. The van der Waals surface area contributed by atoms with Crippen LogP contribution in [0.15, 0.2) is 53.4 Å². The number of nitrogens with zero attached hydrogens (tertiary/aromatic N) is 2. The van der Waals surface area contributed by atoms with Crippen molar-refractivity contribution >= 4 is 33.2 Å². The third-order valence-corrected chi connectivity index (χ3v) is 8.04. The Morgan fingerprint density at radius 2 is 1.68 bits per heavy atom. The lowest BCUT2D eigenvalue weighted by atomic mass is 9.97. The molecule has 2 fully saturated rings. The first-order valence-electron chi connectivity index (χ1n) is 10.9. The van der Waals surface area contributed by atoms with Gasteiger partial charge in [0.15, 0.2) is 0 Å². The van der Waals surface area contributed by atoms with Crippen LogP contribution < -0.4 is 10.2 Å². The summed E-state index contributed by atoms with van der Waals surface area (Å²) in [5, 5.41) is 2.81. The number of alkyl halides is 3. The molecule has 11 heteroatoms. The molecular weight excluding hydrogens is 471 g/mol. The predicted octanol–water partition coefficient (Wildman–Crippen LogP) is 3.87. The number of amides is 2. The SMILES string of the molecule is O=C(Nc1ccc(N2CCCC2=O)cc1)C1CCN(S(=O)(=O)c2cccc(C(F)(F)F)c2)CC1. The van der Waals surface area contributed by atoms with Crippen LogP contribution in [0.4, 0.5) is 24.5 Å². The molecule has 0 aliphatic carbocycles. The third-order valence-electron chi connectivity index (χ3n) is 6.14. The van der Waals surface area contributed by atoms with Gasteiger partial charge in [0.05, 0.1) is 10.5 Å². The van der Waals surface area contributed by atoms with Gasteiger partial charge in [-0.1, -0.05) is 6.07 Å². The molecule has 0 radical (unpaired) electrons. The summed E-state index contributed by atoms with van der Waals surface area (Å²) in [6.45, 7) is 0.742. The first-order chi connectivity index (χ1) is 16.1. The van der Waals surface area contributed by atoms with Crippen LogP contribution in [0.1, 0.15) is 31.2 Å². The van der Waals surface area contributed by atoms with Crippen LogP contribution in [0.3, 0.4) is 0 Å². The zero-order valence-corrected chi connectivity index (χ0v) is 19.0. The van der Waals surface area contributed by atoms with E-state index >= 15 is 0 Å². The number of halogens is 3. The molecule has 2 heterocycles. The minimum absolute atomic E-state index is 0.0344. The smallest absolute Gasteiger partial charge is 0.326 e. The maximum absolute atomic E-state index is 13.0. The van der Waals surface area contributed by atoms with Gasteiger partial charge in [0.2, 0.25) is 21.8 Å². The number of piperidine rings is 1. The van der Waals surface area contributed by atoms with Crippen LogP contribution in [-0.4, -0.2) is 44.2 Å². The van der Waals surface area contributed by atoms with Crippen molar-refractivity contribution in [2.45, 2.75) is 36.8 Å². The normalized spacial score (nSPS) is 18.3. The van der Waals surface area contributed by atoms with Crippen molar-refractivity contribution in [2.24, 2.45) is 5.92 Å². The van der Waals surface area contributed by atoms with Crippen LogP contribution in [0.2, 0.25) is 0 Å². The summed E-state index contributed by atoms with van der Waals surface area (Å²) in [5.74, 6) is -0.599. The second-order valence-corrected chi connectivity index (χ2v) is 10.3. The highest BCUT2D eigenvalue weighted by atomic mass is 32.2. The average Bonchev–Trinajstić information content (AvgIpc) is 3.25. The minimum atomic E-state index is -4.64. The Hall–Kier alpha value is -2.92. The Morgan fingerprint density at radius 1 is 1.00 bits per heavy atom. The molecule has 2 aliphatic heterocycles. The zero-order chi connectivity index (χ0) is 24.5. The monoisotopic (exact) mass is 495 g/mol. The van der Waals surface area contributed by atoms with Crippen LogP contribution >= 0.6 is 0 Å². The standard InChI is InChI=1S/C23H24F3N3O4S/c24-23(25,26)17-3-1-4-20(15-17)34(32,33)28-13-10-16(11-14-28)22(31)27-18-6-8-19(9-7-18)29-12-2-5-21(29)30/h1,3-4,6-9,15-16H,2,5,10-14H2,(H,27,31). The van der Waals surface area contributed by atoms with Crippen LogP contribution in [0.5, 0.6) is 0 Å². The van der Waals surface area contributed by atoms with Crippen molar-refractivity contribution in [1.82, 2.24) is 4.31 Å². The molecule has 34 heavy (non-hydrogen) atoms. The zero-order valence-electron chi connectivity index (χ0n) is 18.2. The minimum Gasteiger partial charge on any atom is -0.326 e. The second-order valence-electron chi connectivity index (χ2n) is 8.39. The molecule has 2 amide bonds. The molecule has 0 bridgehead atoms. The van der Waals surface area contributed by atoms with E-state index in [1.54, 1.807) is 29.2 Å². The lowest BCUT2D eigenvalue weighted by molar-refractivity contribution is -0.137. The lowest BCUT2D eigenvalue weighted by Crippen LogP contribution is -2.41. The molecule has 0 atom stereocenters. The number of hydrogen-bond acceptors (Lipinski definition) is 4. The fraction of sp³-hybridized carbons (Fsp3) is 0.391. The molecule has 0 spiro atoms. The van der Waals surface area contributed by atoms with Crippen molar-refractivity contribution in [3.63, 3.8) is 0 Å². The predicted molar refractivity (Wildman–Crippen MR) is 120 cm³/mol. The van der Waals surface area contributed by atoms with E-state index in [1.165, 1.54) is 0 Å². The molecule has 2 saturated heterocycles. The van der Waals surface area contributed by atoms with Gasteiger partial charge < -0.3 is 10.2 Å².